The monoisotopic (exact) mass is 463 g/mol. The van der Waals surface area contributed by atoms with E-state index in [1.54, 1.807) is 12.1 Å². The Morgan fingerprint density at radius 2 is 2.03 bits per heavy atom. The second kappa shape index (κ2) is 8.80. The van der Waals surface area contributed by atoms with E-state index in [4.69, 9.17) is 4.74 Å². The number of nitrogens with zero attached hydrogens (tertiary/aromatic N) is 1. The van der Waals surface area contributed by atoms with Gasteiger partial charge in [0.2, 0.25) is 0 Å². The summed E-state index contributed by atoms with van der Waals surface area (Å²) in [4.78, 5) is 8.42. The highest BCUT2D eigenvalue weighted by Gasteiger charge is 2.37. The first kappa shape index (κ1) is 21.9. The third kappa shape index (κ3) is 4.23. The Balaban J connectivity index is 1.62. The van der Waals surface area contributed by atoms with Crippen molar-refractivity contribution in [3.63, 3.8) is 0 Å². The van der Waals surface area contributed by atoms with E-state index < -0.39 is 9.84 Å². The number of hydrogen-bond donors (Lipinski definition) is 2. The van der Waals surface area contributed by atoms with E-state index >= 15 is 0 Å². The summed E-state index contributed by atoms with van der Waals surface area (Å²) in [6.07, 6.45) is 4.26. The van der Waals surface area contributed by atoms with Crippen LogP contribution >= 0.6 is 0 Å². The number of aryl methyl sites for hydroxylation is 1. The molecule has 172 valence electrons. The summed E-state index contributed by atoms with van der Waals surface area (Å²) in [6.45, 7) is 6.58. The number of benzene rings is 2. The fourth-order valence-electron chi connectivity index (χ4n) is 4.29. The van der Waals surface area contributed by atoms with Crippen molar-refractivity contribution in [2.45, 2.75) is 43.3 Å². The van der Waals surface area contributed by atoms with Crippen molar-refractivity contribution in [2.75, 3.05) is 19.7 Å². The fraction of sp³-hybridized carbons (Fsp3) is 0.346. The summed E-state index contributed by atoms with van der Waals surface area (Å²) in [6, 6.07) is 13.4. The summed E-state index contributed by atoms with van der Waals surface area (Å²) in [5, 5.41) is 5.10. The van der Waals surface area contributed by atoms with E-state index in [-0.39, 0.29) is 5.25 Å². The third-order valence-corrected chi connectivity index (χ3v) is 8.41. The smallest absolute Gasteiger partial charge is 0.181 e. The van der Waals surface area contributed by atoms with Gasteiger partial charge in [-0.2, -0.15) is 0 Å². The van der Waals surface area contributed by atoms with Gasteiger partial charge in [0.25, 0.3) is 0 Å². The number of H-pyrrole nitrogens is 1. The Morgan fingerprint density at radius 3 is 2.82 bits per heavy atom. The first-order valence-corrected chi connectivity index (χ1v) is 13.1. The first-order chi connectivity index (χ1) is 16.0. The molecule has 1 aliphatic carbocycles. The lowest BCUT2D eigenvalue weighted by Gasteiger charge is -2.12. The van der Waals surface area contributed by atoms with Crippen LogP contribution in [0.1, 0.15) is 31.7 Å². The zero-order valence-electron chi connectivity index (χ0n) is 19.0. The number of aromatic nitrogens is 2. The van der Waals surface area contributed by atoms with Crippen molar-refractivity contribution in [2.24, 2.45) is 0 Å². The average Bonchev–Trinajstić information content (AvgIpc) is 3.61. The van der Waals surface area contributed by atoms with Crippen molar-refractivity contribution < 1.29 is 13.2 Å². The summed E-state index contributed by atoms with van der Waals surface area (Å²) < 4.78 is 31.8. The Bertz CT molecular complexity index is 1420. The van der Waals surface area contributed by atoms with Crippen LogP contribution < -0.4 is 10.1 Å². The zero-order chi connectivity index (χ0) is 23.0. The highest BCUT2D eigenvalue weighted by atomic mass is 32.2. The topological polar surface area (TPSA) is 84.1 Å². The molecular weight excluding hydrogens is 434 g/mol. The van der Waals surface area contributed by atoms with Gasteiger partial charge in [-0.3, -0.25) is 0 Å². The predicted octanol–water partition coefficient (Wildman–Crippen LogP) is 5.01. The van der Waals surface area contributed by atoms with E-state index in [1.165, 1.54) is 0 Å². The van der Waals surface area contributed by atoms with E-state index in [9.17, 15) is 8.42 Å². The lowest BCUT2D eigenvalue weighted by atomic mass is 9.99. The number of sulfone groups is 1. The molecule has 2 aromatic heterocycles. The molecule has 1 fully saturated rings. The van der Waals surface area contributed by atoms with Gasteiger partial charge in [-0.1, -0.05) is 19.1 Å². The largest absolute Gasteiger partial charge is 0.491 e. The summed E-state index contributed by atoms with van der Waals surface area (Å²) in [5.74, 6) is 0.780. The molecule has 0 atom stereocenters. The lowest BCUT2D eigenvalue weighted by molar-refractivity contribution is 0.312. The maximum atomic E-state index is 12.9. The molecule has 0 saturated heterocycles. The minimum absolute atomic E-state index is 0.231. The van der Waals surface area contributed by atoms with E-state index in [0.29, 0.717) is 11.5 Å². The molecule has 2 aromatic carbocycles. The van der Waals surface area contributed by atoms with Crippen LogP contribution in [0.5, 0.6) is 5.75 Å². The molecule has 0 amide bonds. The van der Waals surface area contributed by atoms with Crippen molar-refractivity contribution in [1.29, 1.82) is 0 Å². The summed E-state index contributed by atoms with van der Waals surface area (Å²) >= 11 is 0. The minimum atomic E-state index is -3.26. The molecule has 0 radical (unpaired) electrons. The number of rotatable bonds is 9. The molecule has 1 aliphatic rings. The average molecular weight is 464 g/mol. The molecule has 33 heavy (non-hydrogen) atoms. The van der Waals surface area contributed by atoms with Crippen molar-refractivity contribution in [3.05, 3.63) is 54.2 Å². The maximum Gasteiger partial charge on any atom is 0.181 e. The Morgan fingerprint density at radius 1 is 1.18 bits per heavy atom. The van der Waals surface area contributed by atoms with Crippen LogP contribution in [0, 0.1) is 6.92 Å². The lowest BCUT2D eigenvalue weighted by Crippen LogP contribution is -2.16. The Hall–Kier alpha value is -2.90. The number of aromatic amines is 1. The second-order valence-electron chi connectivity index (χ2n) is 8.72. The van der Waals surface area contributed by atoms with Crippen LogP contribution in [-0.4, -0.2) is 43.3 Å². The van der Waals surface area contributed by atoms with Gasteiger partial charge in [-0.15, -0.1) is 0 Å². The number of ether oxygens (including phenoxy) is 1. The maximum absolute atomic E-state index is 12.9. The van der Waals surface area contributed by atoms with Crippen LogP contribution in [0.3, 0.4) is 0 Å². The molecule has 0 bridgehead atoms. The van der Waals surface area contributed by atoms with E-state index in [2.05, 4.69) is 28.3 Å². The van der Waals surface area contributed by atoms with Crippen molar-refractivity contribution in [1.82, 2.24) is 15.3 Å². The normalized spacial score (nSPS) is 14.2. The molecule has 7 heteroatoms. The van der Waals surface area contributed by atoms with Gasteiger partial charge in [0, 0.05) is 17.0 Å². The van der Waals surface area contributed by atoms with Gasteiger partial charge in [0.15, 0.2) is 9.84 Å². The van der Waals surface area contributed by atoms with Crippen molar-refractivity contribution in [3.8, 4) is 16.9 Å². The molecule has 2 heterocycles. The van der Waals surface area contributed by atoms with Crippen molar-refractivity contribution >= 4 is 31.8 Å². The van der Waals surface area contributed by atoms with Crippen LogP contribution in [-0.2, 0) is 9.84 Å². The van der Waals surface area contributed by atoms with Gasteiger partial charge >= 0.3 is 0 Å². The number of fused-ring (bicyclic) bond motifs is 3. The molecule has 2 N–H and O–H groups in total. The number of nitrogens with one attached hydrogen (secondary N) is 2. The molecule has 5 rings (SSSR count). The second-order valence-corrected chi connectivity index (χ2v) is 11.0. The molecule has 0 unspecified atom stereocenters. The summed E-state index contributed by atoms with van der Waals surface area (Å²) in [7, 11) is -3.26. The van der Waals surface area contributed by atoms with Gasteiger partial charge in [-0.05, 0) is 86.3 Å². The molecule has 6 nitrogen and oxygen atoms in total. The van der Waals surface area contributed by atoms with Gasteiger partial charge in [-0.25, -0.2) is 13.4 Å². The molecule has 0 spiro atoms. The zero-order valence-corrected chi connectivity index (χ0v) is 19.8. The summed E-state index contributed by atoms with van der Waals surface area (Å²) in [5.41, 5.74) is 4.59. The van der Waals surface area contributed by atoms with E-state index in [1.807, 2.05) is 37.4 Å². The molecular formula is C26H29N3O3S. The third-order valence-electron chi connectivity index (χ3n) is 6.15. The highest BCUT2D eigenvalue weighted by molar-refractivity contribution is 7.92. The van der Waals surface area contributed by atoms with E-state index in [0.717, 1.165) is 76.7 Å². The number of pyridine rings is 1. The minimum Gasteiger partial charge on any atom is -0.491 e. The Kier molecular flexibility index (Phi) is 5.85. The SMILES string of the molecule is CCNCCCOc1ccc(-c2cccc(S(=O)(=O)C3CC3)c2)c2c1[nH]c1ncc(C)cc12. The number of hydrogen-bond acceptors (Lipinski definition) is 5. The molecule has 0 aliphatic heterocycles. The van der Waals surface area contributed by atoms with Crippen LogP contribution in [0.4, 0.5) is 0 Å². The Labute approximate surface area is 194 Å². The van der Waals surface area contributed by atoms with Gasteiger partial charge in [0.05, 0.1) is 22.3 Å². The standard InChI is InChI=1S/C26H29N3O3S/c1-3-27-12-5-13-32-23-11-10-21(24-22-14-17(2)16-28-26(22)29-25(23)24)18-6-4-7-20(15-18)33(30,31)19-8-9-19/h4,6-7,10-11,14-16,19,27H,3,5,8-9,12-13H2,1-2H3,(H,28,29). The van der Waals surface area contributed by atoms with Crippen LogP contribution in [0.2, 0.25) is 0 Å². The van der Waals surface area contributed by atoms with Gasteiger partial charge < -0.3 is 15.0 Å². The van der Waals surface area contributed by atoms with Gasteiger partial charge in [0.1, 0.15) is 11.4 Å². The van der Waals surface area contributed by atoms with Crippen LogP contribution in [0.25, 0.3) is 33.1 Å². The predicted molar refractivity (Wildman–Crippen MR) is 133 cm³/mol. The molecule has 4 aromatic rings. The molecule has 1 saturated carbocycles. The first-order valence-electron chi connectivity index (χ1n) is 11.6. The highest BCUT2D eigenvalue weighted by Crippen LogP contribution is 2.40. The fourth-order valence-corrected chi connectivity index (χ4v) is 5.99. The quantitative estimate of drug-likeness (QED) is 0.341. The van der Waals surface area contributed by atoms with Crippen LogP contribution in [0.15, 0.2) is 53.6 Å².